The molecule has 9 heteroatoms. The van der Waals surface area contributed by atoms with Gasteiger partial charge in [0.2, 0.25) is 12.3 Å². The summed E-state index contributed by atoms with van der Waals surface area (Å²) in [6.45, 7) is 6.81. The summed E-state index contributed by atoms with van der Waals surface area (Å²) in [5.74, 6) is -0.683. The number of aliphatic hydroxyl groups is 1. The van der Waals surface area contributed by atoms with Gasteiger partial charge >= 0.3 is 6.03 Å². The molecule has 4 amide bonds. The summed E-state index contributed by atoms with van der Waals surface area (Å²) in [5, 5.41) is 16.3. The molecule has 166 valence electrons. The zero-order valence-corrected chi connectivity index (χ0v) is 17.8. The van der Waals surface area contributed by atoms with E-state index in [0.29, 0.717) is 56.8 Å². The Hall–Kier alpha value is -2.65. The monoisotopic (exact) mass is 420 g/mol. The van der Waals surface area contributed by atoms with E-state index in [1.165, 1.54) is 0 Å². The fraction of sp³-hybridized carbons (Fsp3) is 0.571. The van der Waals surface area contributed by atoms with E-state index in [-0.39, 0.29) is 0 Å². The summed E-state index contributed by atoms with van der Waals surface area (Å²) < 4.78 is 5.29. The van der Waals surface area contributed by atoms with E-state index < -0.39 is 29.0 Å². The van der Waals surface area contributed by atoms with E-state index in [2.05, 4.69) is 10.6 Å². The quantitative estimate of drug-likeness (QED) is 0.472. The molecule has 1 aliphatic rings. The zero-order valence-electron chi connectivity index (χ0n) is 17.8. The van der Waals surface area contributed by atoms with E-state index >= 15 is 0 Å². The van der Waals surface area contributed by atoms with Crippen LogP contribution in [0.3, 0.4) is 0 Å². The molecule has 0 aliphatic carbocycles. The van der Waals surface area contributed by atoms with Crippen molar-refractivity contribution >= 4 is 29.7 Å². The molecule has 5 N–H and O–H groups in total. The number of carbonyl (C=O) groups excluding carboxylic acids is 3. The van der Waals surface area contributed by atoms with Crippen molar-refractivity contribution in [2.45, 2.75) is 51.7 Å². The van der Waals surface area contributed by atoms with Gasteiger partial charge in [-0.2, -0.15) is 0 Å². The molecule has 0 unspecified atom stereocenters. The topological polar surface area (TPSA) is 134 Å². The van der Waals surface area contributed by atoms with Crippen LogP contribution in [0.15, 0.2) is 24.3 Å². The van der Waals surface area contributed by atoms with Gasteiger partial charge in [0.05, 0.1) is 17.0 Å². The highest BCUT2D eigenvalue weighted by molar-refractivity contribution is 6.09. The van der Waals surface area contributed by atoms with Gasteiger partial charge in [0, 0.05) is 19.8 Å². The Morgan fingerprint density at radius 2 is 1.93 bits per heavy atom. The molecule has 0 saturated carbocycles. The molecule has 0 aromatic heterocycles. The lowest BCUT2D eigenvalue weighted by Crippen LogP contribution is -2.55. The summed E-state index contributed by atoms with van der Waals surface area (Å²) in [5.41, 5.74) is 4.91. The van der Waals surface area contributed by atoms with Crippen LogP contribution in [0.25, 0.3) is 0 Å². The van der Waals surface area contributed by atoms with E-state index in [1.807, 2.05) is 0 Å². The predicted octanol–water partition coefficient (Wildman–Crippen LogP) is 1.60. The molecule has 0 spiro atoms. The summed E-state index contributed by atoms with van der Waals surface area (Å²) in [6.07, 6.45) is 2.04. The molecule has 1 fully saturated rings. The lowest BCUT2D eigenvalue weighted by Gasteiger charge is -2.32. The van der Waals surface area contributed by atoms with Crippen molar-refractivity contribution in [2.75, 3.05) is 30.0 Å². The smallest absolute Gasteiger partial charge is 0.329 e. The maximum Gasteiger partial charge on any atom is 0.329 e. The Morgan fingerprint density at radius 3 is 2.50 bits per heavy atom. The first kappa shape index (κ1) is 23.6. The van der Waals surface area contributed by atoms with Crippen molar-refractivity contribution in [3.8, 4) is 0 Å². The molecule has 1 heterocycles. The fourth-order valence-corrected chi connectivity index (χ4v) is 3.39. The first-order valence-corrected chi connectivity index (χ1v) is 10.0. The van der Waals surface area contributed by atoms with Gasteiger partial charge in [-0.25, -0.2) is 9.69 Å². The number of benzene rings is 1. The number of nitrogens with two attached hydrogens (primary N) is 1. The van der Waals surface area contributed by atoms with Crippen LogP contribution in [0, 0.1) is 5.41 Å². The van der Waals surface area contributed by atoms with Crippen LogP contribution in [0.2, 0.25) is 0 Å². The maximum absolute atomic E-state index is 12.8. The number of urea groups is 1. The van der Waals surface area contributed by atoms with Gasteiger partial charge in [-0.05, 0) is 36.8 Å². The SMILES string of the molecule is CC(C)(C)[C@H](NC(=O)N(C=O)c1ccccc1NCCC1(O)CCOCC1)C(N)=O. The highest BCUT2D eigenvalue weighted by atomic mass is 16.5. The second kappa shape index (κ2) is 9.90. The molecule has 1 atom stereocenters. The normalized spacial score (nSPS) is 16.9. The van der Waals surface area contributed by atoms with Crippen molar-refractivity contribution in [1.82, 2.24) is 5.32 Å². The Balaban J connectivity index is 2.11. The molecular weight excluding hydrogens is 388 g/mol. The van der Waals surface area contributed by atoms with E-state index in [9.17, 15) is 19.5 Å². The minimum absolute atomic E-state index is 0.334. The average Bonchev–Trinajstić information content (AvgIpc) is 2.67. The Bertz CT molecular complexity index is 756. The number of imide groups is 1. The van der Waals surface area contributed by atoms with Crippen LogP contribution in [0.4, 0.5) is 16.2 Å². The predicted molar refractivity (Wildman–Crippen MR) is 114 cm³/mol. The lowest BCUT2D eigenvalue weighted by molar-refractivity contribution is -0.122. The van der Waals surface area contributed by atoms with Crippen molar-refractivity contribution in [3.63, 3.8) is 0 Å². The third-order valence-corrected chi connectivity index (χ3v) is 5.24. The van der Waals surface area contributed by atoms with Crippen molar-refractivity contribution < 1.29 is 24.2 Å². The van der Waals surface area contributed by atoms with E-state index in [0.717, 1.165) is 4.90 Å². The minimum atomic E-state index is -0.949. The van der Waals surface area contributed by atoms with Crippen molar-refractivity contribution in [2.24, 2.45) is 11.1 Å². The molecule has 1 saturated heterocycles. The summed E-state index contributed by atoms with van der Waals surface area (Å²) in [7, 11) is 0. The Kier molecular flexibility index (Phi) is 7.80. The number of rotatable bonds is 8. The van der Waals surface area contributed by atoms with Gasteiger partial charge in [-0.15, -0.1) is 0 Å². The zero-order chi connectivity index (χ0) is 22.4. The number of anilines is 2. The number of para-hydroxylation sites is 2. The maximum atomic E-state index is 12.8. The first-order valence-electron chi connectivity index (χ1n) is 10.0. The lowest BCUT2D eigenvalue weighted by atomic mass is 9.86. The average molecular weight is 421 g/mol. The molecule has 0 radical (unpaired) electrons. The number of primary amides is 1. The number of carbonyl (C=O) groups is 3. The van der Waals surface area contributed by atoms with Crippen LogP contribution in [0.1, 0.15) is 40.0 Å². The highest BCUT2D eigenvalue weighted by Crippen LogP contribution is 2.28. The van der Waals surface area contributed by atoms with Gasteiger partial charge in [0.1, 0.15) is 6.04 Å². The molecule has 2 rings (SSSR count). The Labute approximate surface area is 176 Å². The minimum Gasteiger partial charge on any atom is -0.390 e. The van der Waals surface area contributed by atoms with Crippen LogP contribution in [-0.2, 0) is 14.3 Å². The molecule has 9 nitrogen and oxygen atoms in total. The van der Waals surface area contributed by atoms with E-state index in [1.54, 1.807) is 45.0 Å². The van der Waals surface area contributed by atoms with Crippen molar-refractivity contribution in [3.05, 3.63) is 24.3 Å². The molecule has 1 aliphatic heterocycles. The van der Waals surface area contributed by atoms with Gasteiger partial charge in [0.15, 0.2) is 0 Å². The third kappa shape index (κ3) is 6.17. The standard InChI is InChI=1S/C21H32N4O5/c1-20(2,3)17(18(22)27)24-19(28)25(14-26)16-7-5-4-6-15(16)23-11-8-21(29)9-12-30-13-10-21/h4-7,14,17,23,29H,8-13H2,1-3H3,(H2,22,27)(H,24,28)/t17-/m1/s1. The highest BCUT2D eigenvalue weighted by Gasteiger charge is 2.33. The van der Waals surface area contributed by atoms with Crippen LogP contribution in [0.5, 0.6) is 0 Å². The number of nitrogens with zero attached hydrogens (tertiary/aromatic N) is 1. The molecule has 0 bridgehead atoms. The summed E-state index contributed by atoms with van der Waals surface area (Å²) in [6, 6.07) is 5.14. The van der Waals surface area contributed by atoms with Gasteiger partial charge in [-0.1, -0.05) is 32.9 Å². The van der Waals surface area contributed by atoms with E-state index in [4.69, 9.17) is 10.5 Å². The van der Waals surface area contributed by atoms with Gasteiger partial charge < -0.3 is 26.2 Å². The largest absolute Gasteiger partial charge is 0.390 e. The molecule has 1 aromatic carbocycles. The second-order valence-corrected chi connectivity index (χ2v) is 8.66. The number of amides is 4. The molecular formula is C21H32N4O5. The van der Waals surface area contributed by atoms with Crippen molar-refractivity contribution in [1.29, 1.82) is 0 Å². The molecule has 1 aromatic rings. The van der Waals surface area contributed by atoms with Crippen LogP contribution >= 0.6 is 0 Å². The summed E-state index contributed by atoms with van der Waals surface area (Å²) >= 11 is 0. The van der Waals surface area contributed by atoms with Gasteiger partial charge in [-0.3, -0.25) is 9.59 Å². The van der Waals surface area contributed by atoms with Gasteiger partial charge in [0.25, 0.3) is 0 Å². The first-order chi connectivity index (χ1) is 14.1. The fourth-order valence-electron chi connectivity index (χ4n) is 3.39. The summed E-state index contributed by atoms with van der Waals surface area (Å²) in [4.78, 5) is 37.2. The second-order valence-electron chi connectivity index (χ2n) is 8.66. The Morgan fingerprint density at radius 1 is 1.30 bits per heavy atom. The number of hydrogen-bond acceptors (Lipinski definition) is 6. The number of nitrogens with one attached hydrogen (secondary N) is 2. The van der Waals surface area contributed by atoms with Crippen LogP contribution < -0.4 is 21.3 Å². The third-order valence-electron chi connectivity index (χ3n) is 5.24. The molecule has 30 heavy (non-hydrogen) atoms. The number of hydrogen-bond donors (Lipinski definition) is 4. The van der Waals surface area contributed by atoms with Crippen LogP contribution in [-0.4, -0.2) is 54.9 Å². The number of ether oxygens (including phenoxy) is 1.